The van der Waals surface area contributed by atoms with Crippen molar-refractivity contribution < 1.29 is 8.42 Å². The molecule has 0 bridgehead atoms. The van der Waals surface area contributed by atoms with Crippen LogP contribution in [0.25, 0.3) is 0 Å². The highest BCUT2D eigenvalue weighted by atomic mass is 79.9. The fraction of sp³-hybridized carbons (Fsp3) is 0.583. The lowest BCUT2D eigenvalue weighted by molar-refractivity contribution is 0.451. The summed E-state index contributed by atoms with van der Waals surface area (Å²) >= 11 is 3.25. The molecular formula is C12H21BrN4O2S. The predicted octanol–water partition coefficient (Wildman–Crippen LogP) is 1.82. The van der Waals surface area contributed by atoms with Gasteiger partial charge in [-0.15, -0.1) is 0 Å². The molecule has 0 aliphatic rings. The van der Waals surface area contributed by atoms with E-state index in [0.29, 0.717) is 18.4 Å². The summed E-state index contributed by atoms with van der Waals surface area (Å²) in [6.07, 6.45) is 2.30. The van der Waals surface area contributed by atoms with E-state index in [9.17, 15) is 8.42 Å². The van der Waals surface area contributed by atoms with Crippen LogP contribution < -0.4 is 10.0 Å². The van der Waals surface area contributed by atoms with E-state index in [1.165, 1.54) is 4.31 Å². The molecule has 0 unspecified atom stereocenters. The van der Waals surface area contributed by atoms with Gasteiger partial charge in [0.25, 0.3) is 0 Å². The van der Waals surface area contributed by atoms with Crippen molar-refractivity contribution in [1.82, 2.24) is 14.6 Å². The Morgan fingerprint density at radius 1 is 1.40 bits per heavy atom. The number of nitrogens with one attached hydrogen (secondary N) is 2. The molecule has 0 atom stereocenters. The van der Waals surface area contributed by atoms with Gasteiger partial charge in [-0.1, -0.05) is 13.8 Å². The van der Waals surface area contributed by atoms with E-state index < -0.39 is 10.2 Å². The van der Waals surface area contributed by atoms with Crippen molar-refractivity contribution >= 4 is 32.0 Å². The first kappa shape index (κ1) is 17.4. The van der Waals surface area contributed by atoms with Crippen LogP contribution in [0.15, 0.2) is 22.8 Å². The summed E-state index contributed by atoms with van der Waals surface area (Å²) in [6, 6.07) is 3.75. The molecule has 1 heterocycles. The van der Waals surface area contributed by atoms with E-state index in [2.05, 4.69) is 44.8 Å². The van der Waals surface area contributed by atoms with E-state index >= 15 is 0 Å². The van der Waals surface area contributed by atoms with Crippen LogP contribution in [0.2, 0.25) is 0 Å². The van der Waals surface area contributed by atoms with Crippen LogP contribution in [-0.4, -0.2) is 43.9 Å². The largest absolute Gasteiger partial charge is 0.314 e. The van der Waals surface area contributed by atoms with Crippen molar-refractivity contribution in [2.45, 2.75) is 26.3 Å². The van der Waals surface area contributed by atoms with Gasteiger partial charge in [-0.25, -0.2) is 4.98 Å². The third-order valence-electron chi connectivity index (χ3n) is 2.57. The quantitative estimate of drug-likeness (QED) is 0.690. The molecular weight excluding hydrogens is 344 g/mol. The Bertz CT molecular complexity index is 505. The number of rotatable bonds is 8. The lowest BCUT2D eigenvalue weighted by Gasteiger charge is -2.18. The van der Waals surface area contributed by atoms with Crippen molar-refractivity contribution in [3.63, 3.8) is 0 Å². The monoisotopic (exact) mass is 364 g/mol. The van der Waals surface area contributed by atoms with E-state index in [0.717, 1.165) is 17.4 Å². The molecule has 20 heavy (non-hydrogen) atoms. The average molecular weight is 365 g/mol. The first-order valence-electron chi connectivity index (χ1n) is 6.40. The van der Waals surface area contributed by atoms with Crippen molar-refractivity contribution in [3.05, 3.63) is 22.8 Å². The van der Waals surface area contributed by atoms with Gasteiger partial charge in [-0.2, -0.15) is 12.7 Å². The topological polar surface area (TPSA) is 74.3 Å². The Labute approximate surface area is 129 Å². The van der Waals surface area contributed by atoms with Crippen LogP contribution in [0.1, 0.15) is 20.3 Å². The summed E-state index contributed by atoms with van der Waals surface area (Å²) in [7, 11) is -2.00. The number of hydrogen-bond donors (Lipinski definition) is 2. The summed E-state index contributed by atoms with van der Waals surface area (Å²) in [5, 5.41) is 3.25. The van der Waals surface area contributed by atoms with Gasteiger partial charge in [0.05, 0.1) is 0 Å². The lowest BCUT2D eigenvalue weighted by atomic mass is 10.3. The first-order chi connectivity index (χ1) is 9.31. The maximum atomic E-state index is 12.1. The SMILES string of the molecule is CC(C)NCCCN(C)S(=O)(=O)Nc1ccc(Br)cn1. The van der Waals surface area contributed by atoms with Gasteiger partial charge < -0.3 is 5.32 Å². The maximum Gasteiger partial charge on any atom is 0.302 e. The molecule has 0 aliphatic carbocycles. The highest BCUT2D eigenvalue weighted by Gasteiger charge is 2.17. The third kappa shape index (κ3) is 6.17. The Balaban J connectivity index is 2.48. The Hall–Kier alpha value is -0.700. The Kier molecular flexibility index (Phi) is 6.87. The van der Waals surface area contributed by atoms with E-state index in [-0.39, 0.29) is 0 Å². The van der Waals surface area contributed by atoms with Gasteiger partial charge >= 0.3 is 10.2 Å². The lowest BCUT2D eigenvalue weighted by Crippen LogP contribution is -2.35. The molecule has 0 aliphatic heterocycles. The number of hydrogen-bond acceptors (Lipinski definition) is 4. The van der Waals surface area contributed by atoms with Gasteiger partial charge in [-0.3, -0.25) is 4.72 Å². The second-order valence-corrected chi connectivity index (χ2v) is 7.45. The molecule has 0 saturated heterocycles. The molecule has 0 aromatic carbocycles. The van der Waals surface area contributed by atoms with Gasteiger partial charge in [0, 0.05) is 30.3 Å². The zero-order valence-corrected chi connectivity index (χ0v) is 14.3. The number of anilines is 1. The molecule has 1 aromatic rings. The summed E-state index contributed by atoms with van der Waals surface area (Å²) in [6.45, 7) is 5.35. The molecule has 1 aromatic heterocycles. The predicted molar refractivity (Wildman–Crippen MR) is 84.9 cm³/mol. The minimum atomic E-state index is -3.55. The number of aromatic nitrogens is 1. The minimum Gasteiger partial charge on any atom is -0.314 e. The Morgan fingerprint density at radius 3 is 2.65 bits per heavy atom. The van der Waals surface area contributed by atoms with Crippen LogP contribution in [-0.2, 0) is 10.2 Å². The van der Waals surface area contributed by atoms with Crippen LogP contribution in [0.3, 0.4) is 0 Å². The molecule has 114 valence electrons. The van der Waals surface area contributed by atoms with Crippen molar-refractivity contribution in [2.24, 2.45) is 0 Å². The molecule has 0 fully saturated rings. The van der Waals surface area contributed by atoms with Gasteiger partial charge in [0.1, 0.15) is 5.82 Å². The van der Waals surface area contributed by atoms with Crippen molar-refractivity contribution in [3.8, 4) is 0 Å². The van der Waals surface area contributed by atoms with E-state index in [4.69, 9.17) is 0 Å². The van der Waals surface area contributed by atoms with E-state index in [1.807, 2.05) is 0 Å². The summed E-state index contributed by atoms with van der Waals surface area (Å²) in [5.41, 5.74) is 0. The Morgan fingerprint density at radius 2 is 2.10 bits per heavy atom. The first-order valence-corrected chi connectivity index (χ1v) is 8.63. The van der Waals surface area contributed by atoms with Crippen LogP contribution in [0.4, 0.5) is 5.82 Å². The average Bonchev–Trinajstić information content (AvgIpc) is 2.36. The standard InChI is InChI=1S/C12H21BrN4O2S/c1-10(2)14-7-4-8-17(3)20(18,19)16-12-6-5-11(13)9-15-12/h5-6,9-10,14H,4,7-8H2,1-3H3,(H,15,16). The molecule has 8 heteroatoms. The minimum absolute atomic E-state index is 0.306. The van der Waals surface area contributed by atoms with Crippen molar-refractivity contribution in [2.75, 3.05) is 24.9 Å². The fourth-order valence-electron chi connectivity index (χ4n) is 1.46. The van der Waals surface area contributed by atoms with E-state index in [1.54, 1.807) is 25.4 Å². The highest BCUT2D eigenvalue weighted by Crippen LogP contribution is 2.12. The highest BCUT2D eigenvalue weighted by molar-refractivity contribution is 9.10. The second-order valence-electron chi connectivity index (χ2n) is 4.75. The number of nitrogens with zero attached hydrogens (tertiary/aromatic N) is 2. The summed E-state index contributed by atoms with van der Waals surface area (Å²) in [4.78, 5) is 3.99. The normalized spacial score (nSPS) is 12.1. The number of pyridine rings is 1. The molecule has 6 nitrogen and oxygen atoms in total. The molecule has 1 rings (SSSR count). The van der Waals surface area contributed by atoms with Crippen LogP contribution in [0, 0.1) is 0 Å². The fourth-order valence-corrected chi connectivity index (χ4v) is 2.60. The number of halogens is 1. The molecule has 0 spiro atoms. The molecule has 0 saturated carbocycles. The van der Waals surface area contributed by atoms with Gasteiger partial charge in [0.15, 0.2) is 0 Å². The van der Waals surface area contributed by atoms with Gasteiger partial charge in [0.2, 0.25) is 0 Å². The summed E-state index contributed by atoms with van der Waals surface area (Å²) < 4.78 is 28.6. The second kappa shape index (κ2) is 7.92. The third-order valence-corrected chi connectivity index (χ3v) is 4.51. The van der Waals surface area contributed by atoms with Crippen molar-refractivity contribution in [1.29, 1.82) is 0 Å². The van der Waals surface area contributed by atoms with Gasteiger partial charge in [-0.05, 0) is 41.0 Å². The maximum absolute atomic E-state index is 12.1. The zero-order chi connectivity index (χ0) is 15.2. The molecule has 0 amide bonds. The molecule has 2 N–H and O–H groups in total. The van der Waals surface area contributed by atoms with Crippen LogP contribution >= 0.6 is 15.9 Å². The summed E-state index contributed by atoms with van der Waals surface area (Å²) in [5.74, 6) is 0.306. The van der Waals surface area contributed by atoms with Crippen LogP contribution in [0.5, 0.6) is 0 Å². The zero-order valence-electron chi connectivity index (χ0n) is 11.9. The molecule has 0 radical (unpaired) electrons. The smallest absolute Gasteiger partial charge is 0.302 e.